The van der Waals surface area contributed by atoms with Crippen LogP contribution in [0.2, 0.25) is 0 Å². The molecule has 7 heteroatoms. The maximum atomic E-state index is 13.1. The van der Waals surface area contributed by atoms with E-state index in [-0.39, 0.29) is 23.5 Å². The second kappa shape index (κ2) is 9.01. The summed E-state index contributed by atoms with van der Waals surface area (Å²) in [5, 5.41) is 9.29. The Morgan fingerprint density at radius 1 is 1.14 bits per heavy atom. The largest absolute Gasteiger partial charge is 0.338 e. The average molecular weight is 399 g/mol. The fourth-order valence-corrected chi connectivity index (χ4v) is 3.82. The normalized spacial score (nSPS) is 12.0. The molecule has 1 aromatic heterocycles. The molecule has 0 aliphatic heterocycles. The molecule has 1 amide bonds. The summed E-state index contributed by atoms with van der Waals surface area (Å²) >= 11 is 1.38. The predicted octanol–water partition coefficient (Wildman–Crippen LogP) is 4.42. The minimum Gasteiger partial charge on any atom is -0.338 e. The van der Waals surface area contributed by atoms with E-state index in [9.17, 15) is 9.18 Å². The van der Waals surface area contributed by atoms with Crippen LogP contribution in [0.15, 0.2) is 59.8 Å². The molecule has 0 aliphatic carbocycles. The molecular weight excluding hydrogens is 375 g/mol. The quantitative estimate of drug-likeness (QED) is 0.553. The monoisotopic (exact) mass is 398 g/mol. The van der Waals surface area contributed by atoms with E-state index in [0.29, 0.717) is 0 Å². The van der Waals surface area contributed by atoms with Crippen molar-refractivity contribution in [2.24, 2.45) is 0 Å². The van der Waals surface area contributed by atoms with Gasteiger partial charge in [-0.15, -0.1) is 10.2 Å². The molecule has 0 fully saturated rings. The van der Waals surface area contributed by atoms with Crippen molar-refractivity contribution in [3.63, 3.8) is 0 Å². The zero-order valence-corrected chi connectivity index (χ0v) is 17.0. The summed E-state index contributed by atoms with van der Waals surface area (Å²) < 4.78 is 15.1. The first kappa shape index (κ1) is 20.1. The first-order chi connectivity index (χ1) is 13.5. The SMILES string of the molecule is CCn1c(SCC(=O)N(C)C(C)c2ccc(F)cc2)nnc1-c1ccccc1. The summed E-state index contributed by atoms with van der Waals surface area (Å²) in [6.45, 7) is 4.68. The molecule has 0 N–H and O–H groups in total. The zero-order valence-electron chi connectivity index (χ0n) is 16.2. The number of carbonyl (C=O) groups is 1. The average Bonchev–Trinajstić information content (AvgIpc) is 3.15. The van der Waals surface area contributed by atoms with Crippen molar-refractivity contribution in [3.05, 3.63) is 66.0 Å². The van der Waals surface area contributed by atoms with E-state index in [1.54, 1.807) is 24.1 Å². The number of hydrogen-bond acceptors (Lipinski definition) is 4. The van der Waals surface area contributed by atoms with Crippen molar-refractivity contribution in [1.82, 2.24) is 19.7 Å². The van der Waals surface area contributed by atoms with Crippen LogP contribution in [-0.4, -0.2) is 38.4 Å². The van der Waals surface area contributed by atoms with Crippen molar-refractivity contribution in [2.45, 2.75) is 31.6 Å². The summed E-state index contributed by atoms with van der Waals surface area (Å²) in [5.41, 5.74) is 1.89. The van der Waals surface area contributed by atoms with E-state index in [2.05, 4.69) is 10.2 Å². The van der Waals surface area contributed by atoms with Gasteiger partial charge in [-0.05, 0) is 31.5 Å². The van der Waals surface area contributed by atoms with Gasteiger partial charge in [0, 0.05) is 19.2 Å². The number of nitrogens with zero attached hydrogens (tertiary/aromatic N) is 4. The molecule has 0 saturated carbocycles. The standard InChI is InChI=1S/C21H23FN4OS/c1-4-26-20(17-8-6-5-7-9-17)23-24-21(26)28-14-19(27)25(3)15(2)16-10-12-18(22)13-11-16/h5-13,15H,4,14H2,1-3H3. The molecule has 0 saturated heterocycles. The number of aromatic nitrogens is 3. The number of amides is 1. The third kappa shape index (κ3) is 4.42. The number of hydrogen-bond donors (Lipinski definition) is 0. The summed E-state index contributed by atoms with van der Waals surface area (Å²) in [5.74, 6) is 0.753. The predicted molar refractivity (Wildman–Crippen MR) is 109 cm³/mol. The maximum Gasteiger partial charge on any atom is 0.233 e. The Bertz CT molecular complexity index is 927. The Labute approximate surface area is 168 Å². The van der Waals surface area contributed by atoms with Gasteiger partial charge in [0.25, 0.3) is 0 Å². The molecule has 0 aliphatic rings. The first-order valence-electron chi connectivity index (χ1n) is 9.13. The van der Waals surface area contributed by atoms with Crippen molar-refractivity contribution in [1.29, 1.82) is 0 Å². The molecule has 2 aromatic carbocycles. The fourth-order valence-electron chi connectivity index (χ4n) is 2.89. The van der Waals surface area contributed by atoms with Crippen LogP contribution in [0.4, 0.5) is 4.39 Å². The zero-order chi connectivity index (χ0) is 20.1. The highest BCUT2D eigenvalue weighted by Crippen LogP contribution is 2.25. The minimum atomic E-state index is -0.284. The molecule has 0 spiro atoms. The fraction of sp³-hybridized carbons (Fsp3) is 0.286. The van der Waals surface area contributed by atoms with Gasteiger partial charge in [-0.2, -0.15) is 0 Å². The Morgan fingerprint density at radius 2 is 1.82 bits per heavy atom. The Balaban J connectivity index is 1.67. The molecule has 1 unspecified atom stereocenters. The topological polar surface area (TPSA) is 51.0 Å². The van der Waals surface area contributed by atoms with Gasteiger partial charge >= 0.3 is 0 Å². The van der Waals surface area contributed by atoms with Gasteiger partial charge in [-0.1, -0.05) is 54.2 Å². The lowest BCUT2D eigenvalue weighted by Gasteiger charge is -2.25. The van der Waals surface area contributed by atoms with E-state index in [1.165, 1.54) is 23.9 Å². The third-order valence-electron chi connectivity index (χ3n) is 4.72. The molecule has 0 bridgehead atoms. The number of halogens is 1. The second-order valence-corrected chi connectivity index (χ2v) is 7.38. The van der Waals surface area contributed by atoms with E-state index < -0.39 is 0 Å². The highest BCUT2D eigenvalue weighted by molar-refractivity contribution is 7.99. The van der Waals surface area contributed by atoms with Gasteiger partial charge in [0.15, 0.2) is 11.0 Å². The number of thioether (sulfide) groups is 1. The van der Waals surface area contributed by atoms with Gasteiger partial charge in [0.1, 0.15) is 5.82 Å². The summed E-state index contributed by atoms with van der Waals surface area (Å²) in [6, 6.07) is 16.0. The van der Waals surface area contributed by atoms with Crippen molar-refractivity contribution >= 4 is 17.7 Å². The van der Waals surface area contributed by atoms with Gasteiger partial charge < -0.3 is 9.47 Å². The van der Waals surface area contributed by atoms with Gasteiger partial charge in [-0.25, -0.2) is 4.39 Å². The molecule has 146 valence electrons. The van der Waals surface area contributed by atoms with Crippen molar-refractivity contribution in [2.75, 3.05) is 12.8 Å². The maximum absolute atomic E-state index is 13.1. The number of carbonyl (C=O) groups excluding carboxylic acids is 1. The number of benzene rings is 2. The lowest BCUT2D eigenvalue weighted by molar-refractivity contribution is -0.128. The van der Waals surface area contributed by atoms with E-state index in [1.807, 2.05) is 48.7 Å². The molecule has 5 nitrogen and oxygen atoms in total. The minimum absolute atomic E-state index is 0.0197. The van der Waals surface area contributed by atoms with Crippen LogP contribution in [0.5, 0.6) is 0 Å². The molecular formula is C21H23FN4OS. The highest BCUT2D eigenvalue weighted by Gasteiger charge is 2.20. The molecule has 0 radical (unpaired) electrons. The molecule has 3 aromatic rings. The van der Waals surface area contributed by atoms with Crippen LogP contribution < -0.4 is 0 Å². The summed E-state index contributed by atoms with van der Waals surface area (Å²) in [7, 11) is 1.76. The summed E-state index contributed by atoms with van der Waals surface area (Å²) in [6.07, 6.45) is 0. The van der Waals surface area contributed by atoms with E-state index in [4.69, 9.17) is 0 Å². The van der Waals surface area contributed by atoms with Crippen molar-refractivity contribution in [3.8, 4) is 11.4 Å². The second-order valence-electron chi connectivity index (χ2n) is 6.44. The molecule has 3 rings (SSSR count). The number of rotatable bonds is 7. The van der Waals surface area contributed by atoms with Crippen LogP contribution >= 0.6 is 11.8 Å². The third-order valence-corrected chi connectivity index (χ3v) is 5.67. The van der Waals surface area contributed by atoms with Gasteiger partial charge in [-0.3, -0.25) is 4.79 Å². The van der Waals surface area contributed by atoms with Crippen LogP contribution in [-0.2, 0) is 11.3 Å². The van der Waals surface area contributed by atoms with E-state index >= 15 is 0 Å². The van der Waals surface area contributed by atoms with Gasteiger partial charge in [0.05, 0.1) is 11.8 Å². The molecule has 1 atom stereocenters. The molecule has 28 heavy (non-hydrogen) atoms. The lowest BCUT2D eigenvalue weighted by atomic mass is 10.1. The Hall–Kier alpha value is -2.67. The Morgan fingerprint density at radius 3 is 2.46 bits per heavy atom. The van der Waals surface area contributed by atoms with Crippen molar-refractivity contribution < 1.29 is 9.18 Å². The highest BCUT2D eigenvalue weighted by atomic mass is 32.2. The molecule has 1 heterocycles. The van der Waals surface area contributed by atoms with Crippen LogP contribution in [0.3, 0.4) is 0 Å². The van der Waals surface area contributed by atoms with Crippen LogP contribution in [0.25, 0.3) is 11.4 Å². The van der Waals surface area contributed by atoms with Crippen LogP contribution in [0.1, 0.15) is 25.5 Å². The van der Waals surface area contributed by atoms with Gasteiger partial charge in [0.2, 0.25) is 5.91 Å². The Kier molecular flexibility index (Phi) is 6.46. The summed E-state index contributed by atoms with van der Waals surface area (Å²) in [4.78, 5) is 14.3. The smallest absolute Gasteiger partial charge is 0.233 e. The lowest BCUT2D eigenvalue weighted by Crippen LogP contribution is -2.31. The van der Waals surface area contributed by atoms with Crippen LogP contribution in [0, 0.1) is 5.82 Å². The first-order valence-corrected chi connectivity index (χ1v) is 10.1. The van der Waals surface area contributed by atoms with E-state index in [0.717, 1.165) is 28.7 Å².